The molecule has 2 aromatic rings. The number of carbonyl (C=O) groups excluding carboxylic acids is 1. The molecule has 2 aromatic carbocycles. The van der Waals surface area contributed by atoms with Crippen LogP contribution in [0.5, 0.6) is 0 Å². The smallest absolute Gasteiger partial charge is 0.189 e. The Morgan fingerprint density at radius 3 is 2.28 bits per heavy atom. The van der Waals surface area contributed by atoms with Crippen LogP contribution in [0.1, 0.15) is 21.5 Å². The summed E-state index contributed by atoms with van der Waals surface area (Å²) in [6.45, 7) is 1.88. The van der Waals surface area contributed by atoms with Crippen LogP contribution in [-0.2, 0) is 0 Å². The summed E-state index contributed by atoms with van der Waals surface area (Å²) in [4.78, 5) is 12.0. The van der Waals surface area contributed by atoms with Gasteiger partial charge in [-0.3, -0.25) is 4.79 Å². The number of allylic oxidation sites excluding steroid dienone is 1. The summed E-state index contributed by atoms with van der Waals surface area (Å²) in [7, 11) is 0. The molecule has 0 saturated carbocycles. The Bertz CT molecular complexity index is 583. The third kappa shape index (κ3) is 2.66. The van der Waals surface area contributed by atoms with E-state index in [0.29, 0.717) is 11.1 Å². The number of ketones is 1. The second-order valence-corrected chi connectivity index (χ2v) is 4.07. The maximum absolute atomic E-state index is 12.0. The van der Waals surface area contributed by atoms with E-state index in [2.05, 4.69) is 0 Å². The maximum atomic E-state index is 12.0. The first kappa shape index (κ1) is 12.1. The Kier molecular flexibility index (Phi) is 3.58. The molecule has 0 amide bonds. The molecule has 2 nitrogen and oxygen atoms in total. The quantitative estimate of drug-likeness (QED) is 0.502. The molecular weight excluding hydrogens is 224 g/mol. The molecule has 2 rings (SSSR count). The Labute approximate surface area is 106 Å². The van der Waals surface area contributed by atoms with Crippen LogP contribution in [0.3, 0.4) is 0 Å². The molecule has 0 aliphatic heterocycles. The van der Waals surface area contributed by atoms with Crippen LogP contribution in [0, 0.1) is 6.92 Å². The van der Waals surface area contributed by atoms with Crippen LogP contribution < -0.4 is 0 Å². The van der Waals surface area contributed by atoms with Crippen molar-refractivity contribution in [2.45, 2.75) is 6.92 Å². The molecule has 90 valence electrons. The molecule has 0 aliphatic rings. The van der Waals surface area contributed by atoms with Crippen LogP contribution in [-0.4, -0.2) is 10.9 Å². The van der Waals surface area contributed by atoms with E-state index in [0.717, 1.165) is 5.56 Å². The Balaban J connectivity index is 2.29. The van der Waals surface area contributed by atoms with E-state index < -0.39 is 0 Å². The highest BCUT2D eigenvalue weighted by Crippen LogP contribution is 2.14. The minimum absolute atomic E-state index is 0.0103. The van der Waals surface area contributed by atoms with Gasteiger partial charge in [-0.25, -0.2) is 0 Å². The molecule has 0 aromatic heterocycles. The van der Waals surface area contributed by atoms with Crippen molar-refractivity contribution in [2.75, 3.05) is 0 Å². The molecule has 0 bridgehead atoms. The van der Waals surface area contributed by atoms with Gasteiger partial charge in [0.2, 0.25) is 0 Å². The minimum atomic E-state index is -0.186. The molecule has 2 heteroatoms. The normalized spacial score (nSPS) is 11.3. The number of benzene rings is 2. The lowest BCUT2D eigenvalue weighted by Crippen LogP contribution is -1.99. The maximum Gasteiger partial charge on any atom is 0.189 e. The Morgan fingerprint density at radius 2 is 1.61 bits per heavy atom. The van der Waals surface area contributed by atoms with Gasteiger partial charge in [0, 0.05) is 17.2 Å². The van der Waals surface area contributed by atoms with Crippen molar-refractivity contribution in [3.8, 4) is 0 Å². The number of aryl methyl sites for hydroxylation is 1. The molecule has 0 heterocycles. The first-order valence-electron chi connectivity index (χ1n) is 5.74. The van der Waals surface area contributed by atoms with E-state index in [-0.39, 0.29) is 11.5 Å². The molecule has 0 fully saturated rings. The van der Waals surface area contributed by atoms with Crippen molar-refractivity contribution in [3.63, 3.8) is 0 Å². The summed E-state index contributed by atoms with van der Waals surface area (Å²) in [6, 6.07) is 16.3. The molecule has 0 atom stereocenters. The van der Waals surface area contributed by atoms with E-state index in [1.807, 2.05) is 43.3 Å². The molecule has 0 unspecified atom stereocenters. The number of hydrogen-bond donors (Lipinski definition) is 1. The van der Waals surface area contributed by atoms with Gasteiger partial charge in [0.15, 0.2) is 5.78 Å². The van der Waals surface area contributed by atoms with Crippen LogP contribution in [0.2, 0.25) is 0 Å². The highest BCUT2D eigenvalue weighted by Gasteiger charge is 2.07. The summed E-state index contributed by atoms with van der Waals surface area (Å²) < 4.78 is 0. The highest BCUT2D eigenvalue weighted by atomic mass is 16.3. The van der Waals surface area contributed by atoms with Gasteiger partial charge in [0.05, 0.1) is 0 Å². The predicted molar refractivity (Wildman–Crippen MR) is 72.6 cm³/mol. The van der Waals surface area contributed by atoms with Gasteiger partial charge < -0.3 is 5.11 Å². The number of carbonyl (C=O) groups is 1. The van der Waals surface area contributed by atoms with E-state index in [9.17, 15) is 9.90 Å². The van der Waals surface area contributed by atoms with Crippen LogP contribution >= 0.6 is 0 Å². The van der Waals surface area contributed by atoms with Gasteiger partial charge in [-0.1, -0.05) is 54.6 Å². The lowest BCUT2D eigenvalue weighted by Gasteiger charge is -2.02. The largest absolute Gasteiger partial charge is 0.507 e. The number of rotatable bonds is 3. The van der Waals surface area contributed by atoms with E-state index in [1.54, 1.807) is 18.2 Å². The second-order valence-electron chi connectivity index (χ2n) is 4.07. The van der Waals surface area contributed by atoms with Crippen molar-refractivity contribution < 1.29 is 9.90 Å². The Hall–Kier alpha value is -2.35. The lowest BCUT2D eigenvalue weighted by molar-refractivity contribution is 0.104. The fraction of sp³-hybridized carbons (Fsp3) is 0.0625. The number of aliphatic hydroxyl groups is 1. The summed E-state index contributed by atoms with van der Waals surface area (Å²) in [5, 5.41) is 9.88. The van der Waals surface area contributed by atoms with Gasteiger partial charge in [-0.2, -0.15) is 0 Å². The number of aliphatic hydroxyl groups excluding tert-OH is 1. The van der Waals surface area contributed by atoms with E-state index in [4.69, 9.17) is 0 Å². The summed E-state index contributed by atoms with van der Waals surface area (Å²) in [5.41, 5.74) is 2.15. The summed E-state index contributed by atoms with van der Waals surface area (Å²) in [6.07, 6.45) is 1.26. The minimum Gasteiger partial charge on any atom is -0.507 e. The van der Waals surface area contributed by atoms with Crippen LogP contribution in [0.4, 0.5) is 0 Å². The van der Waals surface area contributed by atoms with Crippen molar-refractivity contribution >= 4 is 11.5 Å². The third-order valence-corrected chi connectivity index (χ3v) is 2.75. The van der Waals surface area contributed by atoms with Crippen molar-refractivity contribution in [3.05, 3.63) is 77.4 Å². The summed E-state index contributed by atoms with van der Waals surface area (Å²) >= 11 is 0. The molecule has 0 radical (unpaired) electrons. The zero-order valence-electron chi connectivity index (χ0n) is 10.1. The first-order valence-corrected chi connectivity index (χ1v) is 5.74. The molecule has 0 saturated heterocycles. The van der Waals surface area contributed by atoms with E-state index >= 15 is 0 Å². The van der Waals surface area contributed by atoms with Crippen molar-refractivity contribution in [1.29, 1.82) is 0 Å². The topological polar surface area (TPSA) is 37.3 Å². The Morgan fingerprint density at radius 1 is 1.00 bits per heavy atom. The average Bonchev–Trinajstić information content (AvgIpc) is 2.40. The fourth-order valence-electron chi connectivity index (χ4n) is 1.74. The lowest BCUT2D eigenvalue weighted by atomic mass is 10.0. The third-order valence-electron chi connectivity index (χ3n) is 2.75. The highest BCUT2D eigenvalue weighted by molar-refractivity contribution is 6.08. The number of hydrogen-bond acceptors (Lipinski definition) is 2. The zero-order chi connectivity index (χ0) is 13.0. The molecular formula is C16H14O2. The second kappa shape index (κ2) is 5.32. The van der Waals surface area contributed by atoms with Gasteiger partial charge in [0.25, 0.3) is 0 Å². The molecule has 1 N–H and O–H groups in total. The molecule has 0 spiro atoms. The monoisotopic (exact) mass is 238 g/mol. The van der Waals surface area contributed by atoms with E-state index in [1.165, 1.54) is 6.08 Å². The fourth-order valence-corrected chi connectivity index (χ4v) is 1.74. The SMILES string of the molecule is Cc1ccccc1C(=O)C=C(O)c1ccccc1. The first-order chi connectivity index (χ1) is 8.68. The average molecular weight is 238 g/mol. The van der Waals surface area contributed by atoms with Gasteiger partial charge in [0.1, 0.15) is 5.76 Å². The standard InChI is InChI=1S/C16H14O2/c1-12-7-5-6-10-14(12)16(18)11-15(17)13-8-3-2-4-9-13/h2-11,17H,1H3. The molecule has 0 aliphatic carbocycles. The van der Waals surface area contributed by atoms with Gasteiger partial charge in [-0.15, -0.1) is 0 Å². The van der Waals surface area contributed by atoms with Crippen molar-refractivity contribution in [1.82, 2.24) is 0 Å². The van der Waals surface area contributed by atoms with Gasteiger partial charge >= 0.3 is 0 Å². The zero-order valence-corrected chi connectivity index (χ0v) is 10.1. The predicted octanol–water partition coefficient (Wildman–Crippen LogP) is 3.78. The van der Waals surface area contributed by atoms with Crippen LogP contribution in [0.15, 0.2) is 60.7 Å². The van der Waals surface area contributed by atoms with Crippen molar-refractivity contribution in [2.24, 2.45) is 0 Å². The molecule has 18 heavy (non-hydrogen) atoms. The van der Waals surface area contributed by atoms with Crippen LogP contribution in [0.25, 0.3) is 5.76 Å². The summed E-state index contributed by atoms with van der Waals surface area (Å²) in [5.74, 6) is -0.196. The van der Waals surface area contributed by atoms with Gasteiger partial charge in [-0.05, 0) is 12.5 Å².